The maximum atomic E-state index is 13.6. The Kier molecular flexibility index (Phi) is 2.56. The molecule has 1 aromatic carbocycles. The van der Waals surface area contributed by atoms with Gasteiger partial charge in [0.2, 0.25) is 5.82 Å². The van der Waals surface area contributed by atoms with Crippen LogP contribution >= 0.6 is 11.3 Å². The van der Waals surface area contributed by atoms with Gasteiger partial charge in [-0.2, -0.15) is 4.98 Å². The van der Waals surface area contributed by atoms with Crippen molar-refractivity contribution in [2.24, 2.45) is 0 Å². The van der Waals surface area contributed by atoms with Gasteiger partial charge >= 0.3 is 0 Å². The molecule has 2 heterocycles. The second-order valence-corrected chi connectivity index (χ2v) is 4.55. The molecule has 4 nitrogen and oxygen atoms in total. The van der Waals surface area contributed by atoms with E-state index in [9.17, 15) is 4.39 Å². The highest BCUT2D eigenvalue weighted by atomic mass is 32.1. The number of aromatic nitrogens is 2. The van der Waals surface area contributed by atoms with E-state index in [-0.39, 0.29) is 11.6 Å². The number of anilines is 1. The standard InChI is InChI=1S/C12H8FN3OS/c13-9-4-2-1-3-7(9)11-15-12(17-16-11)8-5-6-18-10(8)14/h1-6H,14H2. The summed E-state index contributed by atoms with van der Waals surface area (Å²) in [5.41, 5.74) is 6.75. The molecular formula is C12H8FN3OS. The van der Waals surface area contributed by atoms with E-state index in [1.54, 1.807) is 24.3 Å². The molecule has 6 heteroatoms. The Balaban J connectivity index is 2.05. The Labute approximate surface area is 106 Å². The van der Waals surface area contributed by atoms with Crippen molar-refractivity contribution in [2.75, 3.05) is 5.73 Å². The van der Waals surface area contributed by atoms with Crippen LogP contribution in [-0.2, 0) is 0 Å². The van der Waals surface area contributed by atoms with Crippen molar-refractivity contribution in [3.05, 3.63) is 41.5 Å². The lowest BCUT2D eigenvalue weighted by molar-refractivity contribution is 0.432. The average molecular weight is 261 g/mol. The summed E-state index contributed by atoms with van der Waals surface area (Å²) in [5.74, 6) is 0.129. The van der Waals surface area contributed by atoms with Crippen molar-refractivity contribution in [1.29, 1.82) is 0 Å². The smallest absolute Gasteiger partial charge is 0.261 e. The van der Waals surface area contributed by atoms with Gasteiger partial charge in [-0.1, -0.05) is 17.3 Å². The zero-order chi connectivity index (χ0) is 12.5. The summed E-state index contributed by atoms with van der Waals surface area (Å²) in [5, 5.41) is 6.19. The number of thiophene rings is 1. The highest BCUT2D eigenvalue weighted by molar-refractivity contribution is 7.14. The lowest BCUT2D eigenvalue weighted by atomic mass is 10.2. The van der Waals surface area contributed by atoms with E-state index in [4.69, 9.17) is 10.3 Å². The molecule has 0 unspecified atom stereocenters. The quantitative estimate of drug-likeness (QED) is 0.769. The first-order valence-corrected chi connectivity index (χ1v) is 6.05. The van der Waals surface area contributed by atoms with Crippen molar-refractivity contribution < 1.29 is 8.91 Å². The van der Waals surface area contributed by atoms with Crippen LogP contribution in [0, 0.1) is 5.82 Å². The van der Waals surface area contributed by atoms with Crippen molar-refractivity contribution in [3.8, 4) is 22.8 Å². The first kappa shape index (κ1) is 10.9. The van der Waals surface area contributed by atoms with Gasteiger partial charge in [-0.3, -0.25) is 0 Å². The molecule has 0 amide bonds. The summed E-state index contributed by atoms with van der Waals surface area (Å²) in [4.78, 5) is 4.15. The number of halogens is 1. The van der Waals surface area contributed by atoms with Crippen LogP contribution in [-0.4, -0.2) is 10.1 Å². The maximum Gasteiger partial charge on any atom is 0.261 e. The minimum atomic E-state index is -0.386. The van der Waals surface area contributed by atoms with Gasteiger partial charge in [0.25, 0.3) is 5.89 Å². The largest absolute Gasteiger partial charge is 0.390 e. The number of nitrogens with zero attached hydrogens (tertiary/aromatic N) is 2. The van der Waals surface area contributed by atoms with Gasteiger partial charge in [-0.05, 0) is 23.6 Å². The van der Waals surface area contributed by atoms with Gasteiger partial charge < -0.3 is 10.3 Å². The van der Waals surface area contributed by atoms with E-state index in [1.165, 1.54) is 17.4 Å². The molecule has 90 valence electrons. The first-order valence-electron chi connectivity index (χ1n) is 5.17. The second kappa shape index (κ2) is 4.23. The lowest BCUT2D eigenvalue weighted by Crippen LogP contribution is -1.86. The minimum Gasteiger partial charge on any atom is -0.390 e. The molecule has 0 aliphatic heterocycles. The van der Waals surface area contributed by atoms with Crippen LogP contribution in [0.5, 0.6) is 0 Å². The molecule has 18 heavy (non-hydrogen) atoms. The third-order valence-corrected chi connectivity index (χ3v) is 3.21. The Bertz CT molecular complexity index is 692. The summed E-state index contributed by atoms with van der Waals surface area (Å²) in [6, 6.07) is 8.06. The summed E-state index contributed by atoms with van der Waals surface area (Å²) >= 11 is 1.38. The first-order chi connectivity index (χ1) is 8.75. The fraction of sp³-hybridized carbons (Fsp3) is 0. The van der Waals surface area contributed by atoms with Gasteiger partial charge in [0.15, 0.2) is 0 Å². The zero-order valence-corrected chi connectivity index (χ0v) is 9.95. The Morgan fingerprint density at radius 1 is 1.17 bits per heavy atom. The van der Waals surface area contributed by atoms with Crippen LogP contribution in [0.4, 0.5) is 9.39 Å². The van der Waals surface area contributed by atoms with E-state index in [0.29, 0.717) is 22.0 Å². The van der Waals surface area contributed by atoms with Crippen molar-refractivity contribution in [1.82, 2.24) is 10.1 Å². The van der Waals surface area contributed by atoms with Gasteiger partial charge in [0.05, 0.1) is 16.1 Å². The molecule has 0 radical (unpaired) electrons. The Morgan fingerprint density at radius 2 is 2.00 bits per heavy atom. The number of nitrogens with two attached hydrogens (primary N) is 1. The number of hydrogen-bond acceptors (Lipinski definition) is 5. The minimum absolute atomic E-state index is 0.216. The van der Waals surface area contributed by atoms with E-state index >= 15 is 0 Å². The molecule has 0 saturated carbocycles. The van der Waals surface area contributed by atoms with E-state index in [0.717, 1.165) is 0 Å². The molecule has 2 N–H and O–H groups in total. The predicted molar refractivity (Wildman–Crippen MR) is 67.4 cm³/mol. The molecule has 3 rings (SSSR count). The van der Waals surface area contributed by atoms with Crippen molar-refractivity contribution in [2.45, 2.75) is 0 Å². The molecule has 0 aliphatic carbocycles. The lowest BCUT2D eigenvalue weighted by Gasteiger charge is -1.94. The van der Waals surface area contributed by atoms with E-state index < -0.39 is 0 Å². The molecule has 3 aromatic rings. The highest BCUT2D eigenvalue weighted by Gasteiger charge is 2.15. The number of rotatable bonds is 2. The third-order valence-electron chi connectivity index (χ3n) is 2.47. The molecule has 0 saturated heterocycles. The van der Waals surface area contributed by atoms with Crippen molar-refractivity contribution in [3.63, 3.8) is 0 Å². The number of benzene rings is 1. The van der Waals surface area contributed by atoms with Gasteiger partial charge in [0, 0.05) is 0 Å². The summed E-state index contributed by atoms with van der Waals surface area (Å²) < 4.78 is 18.7. The monoisotopic (exact) mass is 261 g/mol. The summed E-state index contributed by atoms with van der Waals surface area (Å²) in [6.07, 6.45) is 0. The normalized spacial score (nSPS) is 10.7. The van der Waals surface area contributed by atoms with Crippen LogP contribution in [0.15, 0.2) is 40.2 Å². The molecule has 0 atom stereocenters. The Hall–Kier alpha value is -2.21. The van der Waals surface area contributed by atoms with E-state index in [2.05, 4.69) is 10.1 Å². The zero-order valence-electron chi connectivity index (χ0n) is 9.13. The summed E-state index contributed by atoms with van der Waals surface area (Å²) in [6.45, 7) is 0. The van der Waals surface area contributed by atoms with Crippen LogP contribution in [0.25, 0.3) is 22.8 Å². The number of hydrogen-bond donors (Lipinski definition) is 1. The fourth-order valence-electron chi connectivity index (χ4n) is 1.58. The third kappa shape index (κ3) is 1.76. The fourth-order valence-corrected chi connectivity index (χ4v) is 2.22. The molecule has 0 spiro atoms. The maximum absolute atomic E-state index is 13.6. The Morgan fingerprint density at radius 3 is 2.72 bits per heavy atom. The van der Waals surface area contributed by atoms with Gasteiger partial charge in [0.1, 0.15) is 5.82 Å². The van der Waals surface area contributed by atoms with Gasteiger partial charge in [-0.25, -0.2) is 4.39 Å². The SMILES string of the molecule is Nc1sccc1-c1nc(-c2ccccc2F)no1. The van der Waals surface area contributed by atoms with Crippen LogP contribution < -0.4 is 5.73 Å². The molecular weight excluding hydrogens is 253 g/mol. The van der Waals surface area contributed by atoms with Crippen molar-refractivity contribution >= 4 is 16.3 Å². The second-order valence-electron chi connectivity index (χ2n) is 3.60. The number of nitrogen functional groups attached to an aromatic ring is 1. The van der Waals surface area contributed by atoms with Crippen LogP contribution in [0.1, 0.15) is 0 Å². The topological polar surface area (TPSA) is 64.9 Å². The summed E-state index contributed by atoms with van der Waals surface area (Å²) in [7, 11) is 0. The van der Waals surface area contributed by atoms with Crippen LogP contribution in [0.3, 0.4) is 0 Å². The van der Waals surface area contributed by atoms with Gasteiger partial charge in [-0.15, -0.1) is 11.3 Å². The molecule has 0 bridgehead atoms. The highest BCUT2D eigenvalue weighted by Crippen LogP contribution is 2.30. The molecule has 0 fully saturated rings. The van der Waals surface area contributed by atoms with Crippen LogP contribution in [0.2, 0.25) is 0 Å². The average Bonchev–Trinajstić information content (AvgIpc) is 2.98. The molecule has 2 aromatic heterocycles. The van der Waals surface area contributed by atoms with E-state index in [1.807, 2.05) is 5.38 Å². The predicted octanol–water partition coefficient (Wildman–Crippen LogP) is 3.19. The molecule has 0 aliphatic rings.